The summed E-state index contributed by atoms with van der Waals surface area (Å²) in [5, 5.41) is 1.06. The molecular formula is C10H14Cl2Si. The summed E-state index contributed by atoms with van der Waals surface area (Å²) in [4.78, 5) is 0. The Balaban J connectivity index is 3.08. The molecule has 0 nitrogen and oxygen atoms in total. The first-order chi connectivity index (χ1) is 5.86. The highest BCUT2D eigenvalue weighted by molar-refractivity contribution is 7.52. The van der Waals surface area contributed by atoms with E-state index < -0.39 is 6.69 Å². The third kappa shape index (κ3) is 2.28. The van der Waals surface area contributed by atoms with E-state index in [2.05, 4.69) is 20.8 Å². The fraction of sp³-hybridized carbons (Fsp3) is 0.400. The molecule has 0 saturated heterocycles. The van der Waals surface area contributed by atoms with Crippen LogP contribution in [0, 0.1) is 0 Å². The molecule has 0 unspecified atom stereocenters. The second kappa shape index (κ2) is 3.64. The van der Waals surface area contributed by atoms with Crippen LogP contribution < -0.4 is 5.19 Å². The van der Waals surface area contributed by atoms with Gasteiger partial charge in [-0.05, 0) is 10.2 Å². The predicted molar refractivity (Wildman–Crippen MR) is 63.3 cm³/mol. The van der Waals surface area contributed by atoms with E-state index in [4.69, 9.17) is 22.2 Å². The molecular weight excluding hydrogens is 219 g/mol. The first-order valence-corrected chi connectivity index (χ1v) is 8.31. The number of hydrogen-bond donors (Lipinski definition) is 0. The lowest BCUT2D eigenvalue weighted by atomic mass is 10.2. The van der Waals surface area contributed by atoms with Gasteiger partial charge in [0.25, 0.3) is 6.69 Å². The van der Waals surface area contributed by atoms with Gasteiger partial charge >= 0.3 is 0 Å². The van der Waals surface area contributed by atoms with Gasteiger partial charge in [0.05, 0.1) is 0 Å². The lowest BCUT2D eigenvalue weighted by Crippen LogP contribution is -2.44. The highest BCUT2D eigenvalue weighted by Gasteiger charge is 2.43. The van der Waals surface area contributed by atoms with Gasteiger partial charge in [0.1, 0.15) is 0 Å². The van der Waals surface area contributed by atoms with Crippen molar-refractivity contribution in [1.29, 1.82) is 0 Å². The van der Waals surface area contributed by atoms with Crippen LogP contribution in [-0.2, 0) is 0 Å². The van der Waals surface area contributed by atoms with Crippen molar-refractivity contribution in [3.63, 3.8) is 0 Å². The van der Waals surface area contributed by atoms with E-state index in [1.165, 1.54) is 0 Å². The molecule has 0 fully saturated rings. The maximum Gasteiger partial charge on any atom is 0.285 e. The van der Waals surface area contributed by atoms with Gasteiger partial charge in [0, 0.05) is 0 Å². The van der Waals surface area contributed by atoms with E-state index >= 15 is 0 Å². The van der Waals surface area contributed by atoms with Gasteiger partial charge in [-0.3, -0.25) is 0 Å². The second-order valence-corrected chi connectivity index (χ2v) is 11.4. The summed E-state index contributed by atoms with van der Waals surface area (Å²) in [6.07, 6.45) is 0. The number of hydrogen-bond acceptors (Lipinski definition) is 0. The third-order valence-electron chi connectivity index (χ3n) is 2.08. The van der Waals surface area contributed by atoms with Crippen LogP contribution in [0.4, 0.5) is 0 Å². The molecule has 13 heavy (non-hydrogen) atoms. The molecule has 0 heterocycles. The highest BCUT2D eigenvalue weighted by atomic mass is 35.7. The Morgan fingerprint density at radius 2 is 1.46 bits per heavy atom. The van der Waals surface area contributed by atoms with Crippen LogP contribution in [-0.4, -0.2) is 6.69 Å². The molecule has 0 N–H and O–H groups in total. The molecule has 1 aromatic carbocycles. The van der Waals surface area contributed by atoms with E-state index in [9.17, 15) is 0 Å². The maximum absolute atomic E-state index is 6.44. The number of rotatable bonds is 1. The van der Waals surface area contributed by atoms with Crippen LogP contribution in [0.5, 0.6) is 0 Å². The Morgan fingerprint density at radius 1 is 1.00 bits per heavy atom. The van der Waals surface area contributed by atoms with Crippen molar-refractivity contribution in [2.24, 2.45) is 0 Å². The minimum Gasteiger partial charge on any atom is -0.139 e. The molecule has 0 bridgehead atoms. The average Bonchev–Trinajstić information content (AvgIpc) is 2.04. The van der Waals surface area contributed by atoms with E-state index in [1.807, 2.05) is 30.3 Å². The largest absolute Gasteiger partial charge is 0.285 e. The fourth-order valence-electron chi connectivity index (χ4n) is 1.08. The van der Waals surface area contributed by atoms with Gasteiger partial charge in [-0.2, -0.15) is 0 Å². The summed E-state index contributed by atoms with van der Waals surface area (Å²) in [7, 11) is 0. The Kier molecular flexibility index (Phi) is 3.11. The molecule has 3 heteroatoms. The van der Waals surface area contributed by atoms with E-state index in [0.717, 1.165) is 5.19 Å². The fourth-order valence-corrected chi connectivity index (χ4v) is 3.31. The molecule has 1 aromatic rings. The molecule has 72 valence electrons. The molecule has 0 saturated carbocycles. The number of halogens is 2. The SMILES string of the molecule is CC(C)(C)[Si](Cl)(Cl)c1ccccc1. The quantitative estimate of drug-likeness (QED) is 0.513. The summed E-state index contributed by atoms with van der Waals surface area (Å²) in [5.74, 6) is 0. The standard InChI is InChI=1S/C10H14Cl2Si/c1-10(2,3)13(11,12)9-7-5-4-6-8-9/h4-8H,1-3H3. The van der Waals surface area contributed by atoms with Crippen molar-refractivity contribution in [3.8, 4) is 0 Å². The van der Waals surface area contributed by atoms with Crippen LogP contribution in [0.25, 0.3) is 0 Å². The van der Waals surface area contributed by atoms with Crippen molar-refractivity contribution in [3.05, 3.63) is 30.3 Å². The van der Waals surface area contributed by atoms with E-state index in [-0.39, 0.29) is 5.04 Å². The average molecular weight is 233 g/mol. The summed E-state index contributed by atoms with van der Waals surface area (Å²) >= 11 is 12.9. The van der Waals surface area contributed by atoms with Gasteiger partial charge in [-0.15, -0.1) is 22.2 Å². The number of benzene rings is 1. The maximum atomic E-state index is 6.44. The molecule has 0 aliphatic rings. The smallest absolute Gasteiger partial charge is 0.139 e. The Bertz CT molecular complexity index is 275. The first kappa shape index (κ1) is 11.1. The molecule has 0 spiro atoms. The Hall–Kier alpha value is 0.0169. The second-order valence-electron chi connectivity index (χ2n) is 4.19. The third-order valence-corrected chi connectivity index (χ3v) is 9.73. The first-order valence-electron chi connectivity index (χ1n) is 4.29. The zero-order chi connectivity index (χ0) is 10.1. The lowest BCUT2D eigenvalue weighted by Gasteiger charge is -2.31. The van der Waals surface area contributed by atoms with Crippen LogP contribution >= 0.6 is 22.2 Å². The molecule has 0 aromatic heterocycles. The highest BCUT2D eigenvalue weighted by Crippen LogP contribution is 2.41. The van der Waals surface area contributed by atoms with Crippen LogP contribution in [0.3, 0.4) is 0 Å². The van der Waals surface area contributed by atoms with Crippen molar-refractivity contribution in [1.82, 2.24) is 0 Å². The van der Waals surface area contributed by atoms with Gasteiger partial charge < -0.3 is 0 Å². The van der Waals surface area contributed by atoms with E-state index in [0.29, 0.717) is 0 Å². The molecule has 0 amide bonds. The van der Waals surface area contributed by atoms with Crippen molar-refractivity contribution >= 4 is 34.0 Å². The van der Waals surface area contributed by atoms with Crippen LogP contribution in [0.1, 0.15) is 20.8 Å². The van der Waals surface area contributed by atoms with Crippen molar-refractivity contribution in [2.45, 2.75) is 25.8 Å². The summed E-state index contributed by atoms with van der Waals surface area (Å²) < 4.78 is 0. The van der Waals surface area contributed by atoms with Gasteiger partial charge in [0.2, 0.25) is 0 Å². The molecule has 0 aliphatic carbocycles. The predicted octanol–water partition coefficient (Wildman–Crippen LogP) is 3.61. The zero-order valence-corrected chi connectivity index (χ0v) is 10.7. The topological polar surface area (TPSA) is 0 Å². The van der Waals surface area contributed by atoms with Crippen LogP contribution in [0.2, 0.25) is 5.04 Å². The molecule has 0 atom stereocenters. The monoisotopic (exact) mass is 232 g/mol. The molecule has 1 rings (SSSR count). The van der Waals surface area contributed by atoms with Crippen molar-refractivity contribution in [2.75, 3.05) is 0 Å². The van der Waals surface area contributed by atoms with Crippen molar-refractivity contribution < 1.29 is 0 Å². The minimum atomic E-state index is -2.34. The molecule has 0 aliphatic heterocycles. The summed E-state index contributed by atoms with van der Waals surface area (Å²) in [6, 6.07) is 9.96. The molecule has 0 radical (unpaired) electrons. The van der Waals surface area contributed by atoms with Gasteiger partial charge in [-0.25, -0.2) is 0 Å². The Morgan fingerprint density at radius 3 is 1.85 bits per heavy atom. The normalized spacial score (nSPS) is 13.0. The van der Waals surface area contributed by atoms with Gasteiger partial charge in [-0.1, -0.05) is 51.1 Å². The lowest BCUT2D eigenvalue weighted by molar-refractivity contribution is 0.749. The summed E-state index contributed by atoms with van der Waals surface area (Å²) in [6.45, 7) is 3.93. The minimum absolute atomic E-state index is 0.0303. The van der Waals surface area contributed by atoms with Gasteiger partial charge in [0.15, 0.2) is 0 Å². The Labute approximate surface area is 90.3 Å². The van der Waals surface area contributed by atoms with Crippen LogP contribution in [0.15, 0.2) is 30.3 Å². The summed E-state index contributed by atoms with van der Waals surface area (Å²) in [5.41, 5.74) is 0. The van der Waals surface area contributed by atoms with E-state index in [1.54, 1.807) is 0 Å². The zero-order valence-electron chi connectivity index (χ0n) is 8.14.